The topological polar surface area (TPSA) is 32.8 Å². The van der Waals surface area contributed by atoms with Crippen molar-refractivity contribution < 1.29 is 13.9 Å². The molecule has 0 aliphatic carbocycles. The van der Waals surface area contributed by atoms with E-state index < -0.39 is 0 Å². The second kappa shape index (κ2) is 7.31. The SMILES string of the molecule is COc1cccc(C(=O)N2C[C@H](c3ccc(F)cc3)[C@@H]3[C@H]2CCCN3C)c1. The molecule has 0 bridgehead atoms. The summed E-state index contributed by atoms with van der Waals surface area (Å²) in [5.74, 6) is 0.696. The zero-order valence-electron chi connectivity index (χ0n) is 15.8. The molecule has 2 heterocycles. The van der Waals surface area contributed by atoms with E-state index in [-0.39, 0.29) is 29.7 Å². The lowest BCUT2D eigenvalue weighted by molar-refractivity contribution is 0.0629. The minimum absolute atomic E-state index is 0.0452. The average Bonchev–Trinajstić information content (AvgIpc) is 3.09. The molecule has 2 aliphatic heterocycles. The fourth-order valence-corrected chi connectivity index (χ4v) is 4.70. The number of fused-ring (bicyclic) bond motifs is 1. The van der Waals surface area contributed by atoms with Gasteiger partial charge >= 0.3 is 0 Å². The third-order valence-corrected chi connectivity index (χ3v) is 6.00. The average molecular weight is 368 g/mol. The number of amides is 1. The number of benzene rings is 2. The molecule has 0 N–H and O–H groups in total. The van der Waals surface area contributed by atoms with E-state index in [1.165, 1.54) is 12.1 Å². The maximum atomic E-state index is 13.4. The van der Waals surface area contributed by atoms with Crippen LogP contribution in [-0.2, 0) is 0 Å². The number of rotatable bonds is 3. The van der Waals surface area contributed by atoms with Crippen LogP contribution in [0.25, 0.3) is 0 Å². The number of hydrogen-bond donors (Lipinski definition) is 0. The molecule has 2 saturated heterocycles. The van der Waals surface area contributed by atoms with Crippen molar-refractivity contribution >= 4 is 5.91 Å². The zero-order valence-corrected chi connectivity index (χ0v) is 15.8. The Bertz CT molecular complexity index is 823. The first-order valence-corrected chi connectivity index (χ1v) is 9.49. The number of piperidine rings is 1. The first-order valence-electron chi connectivity index (χ1n) is 9.49. The summed E-state index contributed by atoms with van der Waals surface area (Å²) in [6, 6.07) is 14.5. The molecule has 2 aromatic carbocycles. The Morgan fingerprint density at radius 3 is 2.70 bits per heavy atom. The van der Waals surface area contributed by atoms with Crippen LogP contribution in [0.5, 0.6) is 5.75 Å². The molecule has 2 aliphatic rings. The van der Waals surface area contributed by atoms with E-state index in [0.29, 0.717) is 17.9 Å². The van der Waals surface area contributed by atoms with E-state index >= 15 is 0 Å². The van der Waals surface area contributed by atoms with Crippen molar-refractivity contribution in [2.45, 2.75) is 30.8 Å². The van der Waals surface area contributed by atoms with E-state index in [1.54, 1.807) is 13.2 Å². The number of nitrogens with zero attached hydrogens (tertiary/aromatic N) is 2. The molecular weight excluding hydrogens is 343 g/mol. The summed E-state index contributed by atoms with van der Waals surface area (Å²) >= 11 is 0. The van der Waals surface area contributed by atoms with E-state index in [4.69, 9.17) is 4.74 Å². The monoisotopic (exact) mass is 368 g/mol. The largest absolute Gasteiger partial charge is 0.497 e. The number of carbonyl (C=O) groups excluding carboxylic acids is 1. The van der Waals surface area contributed by atoms with Gasteiger partial charge in [-0.05, 0) is 62.3 Å². The van der Waals surface area contributed by atoms with Crippen LogP contribution in [0.1, 0.15) is 34.7 Å². The number of carbonyl (C=O) groups is 1. The van der Waals surface area contributed by atoms with Gasteiger partial charge in [-0.15, -0.1) is 0 Å². The standard InChI is InChI=1S/C22H25FN2O2/c1-24-12-4-7-20-21(24)19(15-8-10-17(23)11-9-15)14-25(20)22(26)16-5-3-6-18(13-16)27-2/h3,5-6,8-11,13,19-21H,4,7,12,14H2,1-2H3/t19-,20-,21-/m1/s1. The first kappa shape index (κ1) is 18.0. The number of likely N-dealkylation sites (tertiary alicyclic amines) is 2. The molecule has 0 saturated carbocycles. The van der Waals surface area contributed by atoms with Crippen LogP contribution in [0.3, 0.4) is 0 Å². The van der Waals surface area contributed by atoms with Crippen LogP contribution in [-0.4, -0.2) is 55.0 Å². The van der Waals surface area contributed by atoms with Crippen molar-refractivity contribution in [3.63, 3.8) is 0 Å². The van der Waals surface area contributed by atoms with E-state index in [1.807, 2.05) is 35.2 Å². The summed E-state index contributed by atoms with van der Waals surface area (Å²) in [6.07, 6.45) is 2.08. The number of ether oxygens (including phenoxy) is 1. The molecule has 0 spiro atoms. The van der Waals surface area contributed by atoms with Gasteiger partial charge < -0.3 is 14.5 Å². The summed E-state index contributed by atoms with van der Waals surface area (Å²) in [7, 11) is 3.74. The normalized spacial score (nSPS) is 25.3. The molecule has 4 nitrogen and oxygen atoms in total. The third-order valence-electron chi connectivity index (χ3n) is 6.00. The highest BCUT2D eigenvalue weighted by atomic mass is 19.1. The number of hydrogen-bond acceptors (Lipinski definition) is 3. The van der Waals surface area contributed by atoms with Crippen LogP contribution in [0.15, 0.2) is 48.5 Å². The molecule has 0 aromatic heterocycles. The van der Waals surface area contributed by atoms with E-state index in [0.717, 1.165) is 24.9 Å². The molecule has 0 radical (unpaired) electrons. The van der Waals surface area contributed by atoms with Gasteiger partial charge in [0.2, 0.25) is 0 Å². The van der Waals surface area contributed by atoms with Gasteiger partial charge in [0.1, 0.15) is 11.6 Å². The molecule has 1 amide bonds. The lowest BCUT2D eigenvalue weighted by Gasteiger charge is -2.39. The first-order chi connectivity index (χ1) is 13.1. The van der Waals surface area contributed by atoms with Crippen molar-refractivity contribution in [3.8, 4) is 5.75 Å². The van der Waals surface area contributed by atoms with Crippen molar-refractivity contribution in [1.29, 1.82) is 0 Å². The maximum absolute atomic E-state index is 13.4. The molecule has 2 aromatic rings. The highest BCUT2D eigenvalue weighted by Gasteiger charge is 2.47. The maximum Gasteiger partial charge on any atom is 0.254 e. The molecule has 142 valence electrons. The van der Waals surface area contributed by atoms with Crippen LogP contribution in [0.4, 0.5) is 4.39 Å². The van der Waals surface area contributed by atoms with Gasteiger partial charge in [0.05, 0.1) is 7.11 Å². The minimum Gasteiger partial charge on any atom is -0.497 e. The summed E-state index contributed by atoms with van der Waals surface area (Å²) in [4.78, 5) is 17.7. The van der Waals surface area contributed by atoms with Gasteiger partial charge in [-0.3, -0.25) is 4.79 Å². The van der Waals surface area contributed by atoms with Gasteiger partial charge in [0.25, 0.3) is 5.91 Å². The smallest absolute Gasteiger partial charge is 0.254 e. The molecule has 27 heavy (non-hydrogen) atoms. The summed E-state index contributed by atoms with van der Waals surface area (Å²) in [5, 5.41) is 0. The lowest BCUT2D eigenvalue weighted by Crippen LogP contribution is -2.50. The Hall–Kier alpha value is -2.40. The molecule has 5 heteroatoms. The third kappa shape index (κ3) is 3.32. The Morgan fingerprint density at radius 1 is 1.19 bits per heavy atom. The molecule has 4 rings (SSSR count). The Labute approximate surface area is 159 Å². The quantitative estimate of drug-likeness (QED) is 0.831. The van der Waals surface area contributed by atoms with Crippen LogP contribution >= 0.6 is 0 Å². The second-order valence-electron chi connectivity index (χ2n) is 7.53. The molecule has 3 atom stereocenters. The number of methoxy groups -OCH3 is 1. The van der Waals surface area contributed by atoms with Crippen molar-refractivity contribution in [2.75, 3.05) is 27.2 Å². The van der Waals surface area contributed by atoms with E-state index in [2.05, 4.69) is 11.9 Å². The van der Waals surface area contributed by atoms with Gasteiger partial charge in [-0.25, -0.2) is 4.39 Å². The van der Waals surface area contributed by atoms with Crippen molar-refractivity contribution in [1.82, 2.24) is 9.80 Å². The summed E-state index contributed by atoms with van der Waals surface area (Å²) in [6.45, 7) is 1.68. The predicted molar refractivity (Wildman–Crippen MR) is 103 cm³/mol. The highest BCUT2D eigenvalue weighted by Crippen LogP contribution is 2.40. The van der Waals surface area contributed by atoms with Crippen LogP contribution < -0.4 is 4.74 Å². The van der Waals surface area contributed by atoms with E-state index in [9.17, 15) is 9.18 Å². The summed E-state index contributed by atoms with van der Waals surface area (Å²) < 4.78 is 18.7. The number of likely N-dealkylation sites (N-methyl/N-ethyl adjacent to an activating group) is 1. The van der Waals surface area contributed by atoms with Crippen LogP contribution in [0, 0.1) is 5.82 Å². The minimum atomic E-state index is -0.227. The van der Waals surface area contributed by atoms with Gasteiger partial charge in [0.15, 0.2) is 0 Å². The molecule has 2 fully saturated rings. The fourth-order valence-electron chi connectivity index (χ4n) is 4.70. The second-order valence-corrected chi connectivity index (χ2v) is 7.53. The van der Waals surface area contributed by atoms with Crippen LogP contribution in [0.2, 0.25) is 0 Å². The molecular formula is C22H25FN2O2. The summed E-state index contributed by atoms with van der Waals surface area (Å²) in [5.41, 5.74) is 1.75. The highest BCUT2D eigenvalue weighted by molar-refractivity contribution is 5.95. The zero-order chi connectivity index (χ0) is 19.0. The van der Waals surface area contributed by atoms with Gasteiger partial charge in [-0.2, -0.15) is 0 Å². The Kier molecular flexibility index (Phi) is 4.87. The Morgan fingerprint density at radius 2 is 1.96 bits per heavy atom. The molecule has 0 unspecified atom stereocenters. The lowest BCUT2D eigenvalue weighted by atomic mass is 9.86. The van der Waals surface area contributed by atoms with Crippen molar-refractivity contribution in [3.05, 3.63) is 65.5 Å². The fraction of sp³-hybridized carbons (Fsp3) is 0.409. The van der Waals surface area contributed by atoms with Gasteiger partial charge in [0, 0.05) is 30.1 Å². The number of halogens is 1. The predicted octanol–water partition coefficient (Wildman–Crippen LogP) is 3.54. The van der Waals surface area contributed by atoms with Crippen molar-refractivity contribution in [2.24, 2.45) is 0 Å². The Balaban J connectivity index is 1.66. The van der Waals surface area contributed by atoms with Gasteiger partial charge in [-0.1, -0.05) is 18.2 Å².